The number of aromatic nitrogens is 4. The molecule has 0 aliphatic carbocycles. The van der Waals surface area contributed by atoms with Crippen LogP contribution in [-0.4, -0.2) is 39.6 Å². The van der Waals surface area contributed by atoms with Crippen LogP contribution in [-0.2, 0) is 4.74 Å². The molecule has 0 amide bonds. The van der Waals surface area contributed by atoms with Gasteiger partial charge in [-0.1, -0.05) is 11.3 Å². The average molecular weight is 239 g/mol. The van der Waals surface area contributed by atoms with Crippen LogP contribution in [0.15, 0.2) is 0 Å². The zero-order valence-corrected chi connectivity index (χ0v) is 9.99. The fourth-order valence-corrected chi connectivity index (χ4v) is 2.91. The fourth-order valence-electron chi connectivity index (χ4n) is 1.94. The van der Waals surface area contributed by atoms with Crippen molar-refractivity contribution in [2.24, 2.45) is 0 Å². The highest BCUT2D eigenvalue weighted by Gasteiger charge is 2.28. The molecule has 16 heavy (non-hydrogen) atoms. The van der Waals surface area contributed by atoms with Crippen LogP contribution in [0.4, 0.5) is 0 Å². The zero-order chi connectivity index (χ0) is 11.1. The molecule has 86 valence electrons. The van der Waals surface area contributed by atoms with Gasteiger partial charge in [-0.2, -0.15) is 9.61 Å². The van der Waals surface area contributed by atoms with Gasteiger partial charge in [0.1, 0.15) is 5.01 Å². The summed E-state index contributed by atoms with van der Waals surface area (Å²) in [5.74, 6) is 0.832. The minimum absolute atomic E-state index is 0.288. The molecular weight excluding hydrogens is 226 g/mol. The van der Waals surface area contributed by atoms with Gasteiger partial charge in [-0.05, 0) is 13.3 Å². The second kappa shape index (κ2) is 3.76. The molecule has 2 aromatic heterocycles. The van der Waals surface area contributed by atoms with E-state index in [1.165, 1.54) is 0 Å². The first-order valence-corrected chi connectivity index (χ1v) is 6.04. The standard InChI is InChI=1S/C9H13N5OS/c1-5-11-12-9-14(5)13-8(16-9)7-3-6(15-2)4-10-7/h6-7,10H,3-4H2,1-2H3. The first-order chi connectivity index (χ1) is 7.78. The molecule has 3 rings (SSSR count). The number of aryl methyl sites for hydroxylation is 1. The molecule has 2 unspecified atom stereocenters. The second-order valence-corrected chi connectivity index (χ2v) is 4.92. The molecule has 1 N–H and O–H groups in total. The lowest BCUT2D eigenvalue weighted by Gasteiger charge is -2.05. The molecular formula is C9H13N5OS. The van der Waals surface area contributed by atoms with Crippen molar-refractivity contribution >= 4 is 16.3 Å². The molecule has 3 heterocycles. The molecule has 1 aliphatic rings. The second-order valence-electron chi connectivity index (χ2n) is 3.94. The molecule has 2 atom stereocenters. The van der Waals surface area contributed by atoms with E-state index >= 15 is 0 Å². The number of rotatable bonds is 2. The zero-order valence-electron chi connectivity index (χ0n) is 9.17. The Bertz CT molecular complexity index is 507. The molecule has 1 aliphatic heterocycles. The van der Waals surface area contributed by atoms with Crippen molar-refractivity contribution in [1.29, 1.82) is 0 Å². The van der Waals surface area contributed by atoms with Gasteiger partial charge in [0.05, 0.1) is 12.1 Å². The quantitative estimate of drug-likeness (QED) is 0.829. The van der Waals surface area contributed by atoms with Crippen LogP contribution in [0.25, 0.3) is 4.96 Å². The summed E-state index contributed by atoms with van der Waals surface area (Å²) < 4.78 is 7.12. The van der Waals surface area contributed by atoms with Crippen molar-refractivity contribution < 1.29 is 4.74 Å². The fraction of sp³-hybridized carbons (Fsp3) is 0.667. The molecule has 0 radical (unpaired) electrons. The van der Waals surface area contributed by atoms with E-state index in [9.17, 15) is 0 Å². The van der Waals surface area contributed by atoms with Crippen molar-refractivity contribution in [3.63, 3.8) is 0 Å². The van der Waals surface area contributed by atoms with Crippen molar-refractivity contribution in [3.8, 4) is 0 Å². The van der Waals surface area contributed by atoms with Crippen LogP contribution in [0.1, 0.15) is 23.3 Å². The van der Waals surface area contributed by atoms with Gasteiger partial charge >= 0.3 is 0 Å². The highest BCUT2D eigenvalue weighted by Crippen LogP contribution is 2.28. The number of fused-ring (bicyclic) bond motifs is 1. The van der Waals surface area contributed by atoms with E-state index in [0.717, 1.165) is 28.8 Å². The lowest BCUT2D eigenvalue weighted by molar-refractivity contribution is 0.117. The smallest absolute Gasteiger partial charge is 0.234 e. The van der Waals surface area contributed by atoms with Gasteiger partial charge in [0.25, 0.3) is 0 Å². The maximum Gasteiger partial charge on any atom is 0.234 e. The summed E-state index contributed by atoms with van der Waals surface area (Å²) >= 11 is 1.59. The van der Waals surface area contributed by atoms with Gasteiger partial charge < -0.3 is 10.1 Å². The van der Waals surface area contributed by atoms with Gasteiger partial charge in [-0.25, -0.2) is 0 Å². The summed E-state index contributed by atoms with van der Waals surface area (Å²) in [5.41, 5.74) is 0. The van der Waals surface area contributed by atoms with E-state index in [4.69, 9.17) is 4.74 Å². The predicted octanol–water partition coefficient (Wildman–Crippen LogP) is 0.544. The number of ether oxygens (including phenoxy) is 1. The van der Waals surface area contributed by atoms with Crippen LogP contribution in [0.3, 0.4) is 0 Å². The van der Waals surface area contributed by atoms with Crippen molar-refractivity contribution in [2.75, 3.05) is 13.7 Å². The monoisotopic (exact) mass is 239 g/mol. The van der Waals surface area contributed by atoms with Gasteiger partial charge in [-0.15, -0.1) is 10.2 Å². The molecule has 6 nitrogen and oxygen atoms in total. The van der Waals surface area contributed by atoms with Gasteiger partial charge in [0.15, 0.2) is 5.82 Å². The van der Waals surface area contributed by atoms with E-state index in [-0.39, 0.29) is 6.04 Å². The number of nitrogens with one attached hydrogen (secondary N) is 1. The summed E-state index contributed by atoms with van der Waals surface area (Å²) in [6, 6.07) is 0.288. The topological polar surface area (TPSA) is 64.3 Å². The van der Waals surface area contributed by atoms with Crippen LogP contribution in [0.5, 0.6) is 0 Å². The van der Waals surface area contributed by atoms with Gasteiger partial charge in [-0.3, -0.25) is 0 Å². The van der Waals surface area contributed by atoms with E-state index < -0.39 is 0 Å². The maximum absolute atomic E-state index is 5.32. The van der Waals surface area contributed by atoms with Gasteiger partial charge in [0.2, 0.25) is 4.96 Å². The van der Waals surface area contributed by atoms with Crippen LogP contribution in [0.2, 0.25) is 0 Å². The average Bonchev–Trinajstić information content (AvgIpc) is 2.95. The normalized spacial score (nSPS) is 25.6. The van der Waals surface area contributed by atoms with E-state index in [1.54, 1.807) is 23.0 Å². The highest BCUT2D eigenvalue weighted by atomic mass is 32.1. The Balaban J connectivity index is 1.89. The van der Waals surface area contributed by atoms with E-state index in [0.29, 0.717) is 6.10 Å². The van der Waals surface area contributed by atoms with Crippen LogP contribution >= 0.6 is 11.3 Å². The third-order valence-electron chi connectivity index (χ3n) is 2.88. The predicted molar refractivity (Wildman–Crippen MR) is 59.6 cm³/mol. The summed E-state index contributed by atoms with van der Waals surface area (Å²) in [4.78, 5) is 0.857. The largest absolute Gasteiger partial charge is 0.380 e. The SMILES string of the molecule is COC1CNC(c2nn3c(C)nnc3s2)C1. The molecule has 0 bridgehead atoms. The summed E-state index contributed by atoms with van der Waals surface area (Å²) in [7, 11) is 1.75. The Morgan fingerprint density at radius 1 is 1.50 bits per heavy atom. The lowest BCUT2D eigenvalue weighted by Crippen LogP contribution is -2.16. The number of hydrogen-bond donors (Lipinski definition) is 1. The molecule has 2 aromatic rings. The van der Waals surface area contributed by atoms with Crippen molar-refractivity contribution in [2.45, 2.75) is 25.5 Å². The molecule has 1 saturated heterocycles. The summed E-state index contributed by atoms with van der Waals surface area (Å²) in [6.45, 7) is 2.80. The number of methoxy groups -OCH3 is 1. The van der Waals surface area contributed by atoms with Crippen molar-refractivity contribution in [3.05, 3.63) is 10.8 Å². The van der Waals surface area contributed by atoms with Gasteiger partial charge in [0, 0.05) is 13.7 Å². The van der Waals surface area contributed by atoms with Crippen LogP contribution < -0.4 is 5.32 Å². The molecule has 0 aromatic carbocycles. The Kier molecular flexibility index (Phi) is 2.38. The number of hydrogen-bond acceptors (Lipinski definition) is 6. The minimum Gasteiger partial charge on any atom is -0.380 e. The molecule has 1 fully saturated rings. The Hall–Kier alpha value is -1.05. The van der Waals surface area contributed by atoms with Crippen LogP contribution in [0, 0.1) is 6.92 Å². The Morgan fingerprint density at radius 3 is 3.06 bits per heavy atom. The maximum atomic E-state index is 5.32. The van der Waals surface area contributed by atoms with E-state index in [1.807, 2.05) is 6.92 Å². The first-order valence-electron chi connectivity index (χ1n) is 5.23. The van der Waals surface area contributed by atoms with Crippen molar-refractivity contribution in [1.82, 2.24) is 25.1 Å². The Labute approximate surface area is 96.6 Å². The third-order valence-corrected chi connectivity index (χ3v) is 3.90. The molecule has 7 heteroatoms. The van der Waals surface area contributed by atoms with E-state index in [2.05, 4.69) is 20.6 Å². The molecule has 0 saturated carbocycles. The Morgan fingerprint density at radius 2 is 2.38 bits per heavy atom. The highest BCUT2D eigenvalue weighted by molar-refractivity contribution is 7.16. The summed E-state index contributed by atoms with van der Waals surface area (Å²) in [6.07, 6.45) is 1.26. The number of nitrogens with zero attached hydrogens (tertiary/aromatic N) is 4. The minimum atomic E-state index is 0.288. The molecule has 0 spiro atoms. The lowest BCUT2D eigenvalue weighted by atomic mass is 10.2. The third kappa shape index (κ3) is 1.51. The first kappa shape index (κ1) is 10.1. The summed E-state index contributed by atoms with van der Waals surface area (Å²) in [5, 5.41) is 17.0.